The van der Waals surface area contributed by atoms with Gasteiger partial charge in [0.05, 0.1) is 6.54 Å². The lowest BCUT2D eigenvalue weighted by Gasteiger charge is -2.15. The van der Waals surface area contributed by atoms with Crippen LogP contribution in [0.25, 0.3) is 0 Å². The largest absolute Gasteiger partial charge is 0.384 e. The molecule has 0 saturated heterocycles. The van der Waals surface area contributed by atoms with E-state index in [0.717, 1.165) is 5.56 Å². The average molecular weight is 222 g/mol. The fraction of sp³-hybridized carbons (Fsp3) is 0.455. The Morgan fingerprint density at radius 2 is 2.38 bits per heavy atom. The molecule has 16 heavy (non-hydrogen) atoms. The monoisotopic (exact) mass is 222 g/mol. The number of rotatable bonds is 5. The van der Waals surface area contributed by atoms with Crippen LogP contribution < -0.4 is 11.1 Å². The maximum atomic E-state index is 11.3. The molecule has 0 aromatic carbocycles. The van der Waals surface area contributed by atoms with E-state index in [1.165, 1.54) is 0 Å². The Morgan fingerprint density at radius 1 is 1.62 bits per heavy atom. The SMILES string of the molecule is CCNC(=O)CN(C)Cc1ccnc(N)c1. The first-order chi connectivity index (χ1) is 7.61. The van der Waals surface area contributed by atoms with Crippen LogP contribution in [-0.4, -0.2) is 35.9 Å². The summed E-state index contributed by atoms with van der Waals surface area (Å²) in [5.41, 5.74) is 6.63. The second kappa shape index (κ2) is 6.07. The van der Waals surface area contributed by atoms with Crippen LogP contribution in [0.4, 0.5) is 5.82 Å². The zero-order valence-electron chi connectivity index (χ0n) is 9.73. The molecule has 1 aromatic heterocycles. The Balaban J connectivity index is 2.45. The maximum absolute atomic E-state index is 11.3. The highest BCUT2D eigenvalue weighted by Gasteiger charge is 2.06. The molecule has 0 atom stereocenters. The van der Waals surface area contributed by atoms with Crippen molar-refractivity contribution in [3.63, 3.8) is 0 Å². The van der Waals surface area contributed by atoms with E-state index in [9.17, 15) is 4.79 Å². The number of pyridine rings is 1. The number of carbonyl (C=O) groups is 1. The van der Waals surface area contributed by atoms with E-state index in [-0.39, 0.29) is 5.91 Å². The number of carbonyl (C=O) groups excluding carboxylic acids is 1. The molecule has 1 aromatic rings. The molecule has 3 N–H and O–H groups in total. The molecule has 1 rings (SSSR count). The van der Waals surface area contributed by atoms with Gasteiger partial charge in [0.2, 0.25) is 5.91 Å². The summed E-state index contributed by atoms with van der Waals surface area (Å²) in [6.45, 7) is 3.64. The van der Waals surface area contributed by atoms with Crippen LogP contribution in [-0.2, 0) is 11.3 Å². The smallest absolute Gasteiger partial charge is 0.234 e. The summed E-state index contributed by atoms with van der Waals surface area (Å²) >= 11 is 0. The lowest BCUT2D eigenvalue weighted by atomic mass is 10.2. The summed E-state index contributed by atoms with van der Waals surface area (Å²) in [5, 5.41) is 2.76. The van der Waals surface area contributed by atoms with Crippen LogP contribution in [0.2, 0.25) is 0 Å². The van der Waals surface area contributed by atoms with E-state index in [0.29, 0.717) is 25.5 Å². The third-order valence-electron chi connectivity index (χ3n) is 2.09. The molecule has 0 radical (unpaired) electrons. The molecule has 0 saturated carbocycles. The Bertz CT molecular complexity index is 354. The van der Waals surface area contributed by atoms with Crippen molar-refractivity contribution in [3.05, 3.63) is 23.9 Å². The number of amides is 1. The zero-order valence-corrected chi connectivity index (χ0v) is 9.73. The molecule has 0 fully saturated rings. The van der Waals surface area contributed by atoms with Crippen molar-refractivity contribution in [2.45, 2.75) is 13.5 Å². The fourth-order valence-corrected chi connectivity index (χ4v) is 1.46. The van der Waals surface area contributed by atoms with E-state index in [1.807, 2.05) is 31.0 Å². The number of nitrogens with one attached hydrogen (secondary N) is 1. The second-order valence-corrected chi connectivity index (χ2v) is 3.71. The minimum absolute atomic E-state index is 0.0343. The van der Waals surface area contributed by atoms with Gasteiger partial charge in [0.1, 0.15) is 5.82 Å². The molecular formula is C11H18N4O. The van der Waals surface area contributed by atoms with Crippen molar-refractivity contribution in [1.82, 2.24) is 15.2 Å². The molecule has 5 heteroatoms. The highest BCUT2D eigenvalue weighted by atomic mass is 16.1. The van der Waals surface area contributed by atoms with E-state index in [2.05, 4.69) is 10.3 Å². The van der Waals surface area contributed by atoms with Gasteiger partial charge in [-0.25, -0.2) is 4.98 Å². The van der Waals surface area contributed by atoms with Crippen molar-refractivity contribution in [1.29, 1.82) is 0 Å². The number of nitrogens with zero attached hydrogens (tertiary/aromatic N) is 2. The summed E-state index contributed by atoms with van der Waals surface area (Å²) in [4.78, 5) is 17.2. The number of hydrogen-bond acceptors (Lipinski definition) is 4. The van der Waals surface area contributed by atoms with Crippen molar-refractivity contribution >= 4 is 11.7 Å². The molecule has 0 aliphatic heterocycles. The summed E-state index contributed by atoms with van der Waals surface area (Å²) in [6.07, 6.45) is 1.67. The average Bonchev–Trinajstić information content (AvgIpc) is 2.17. The van der Waals surface area contributed by atoms with Crippen LogP contribution in [0.3, 0.4) is 0 Å². The first-order valence-electron chi connectivity index (χ1n) is 5.27. The topological polar surface area (TPSA) is 71.2 Å². The van der Waals surface area contributed by atoms with Gasteiger partial charge in [-0.05, 0) is 31.7 Å². The van der Waals surface area contributed by atoms with Gasteiger partial charge in [-0.1, -0.05) is 0 Å². The number of hydrogen-bond donors (Lipinski definition) is 2. The maximum Gasteiger partial charge on any atom is 0.234 e. The molecule has 0 unspecified atom stereocenters. The second-order valence-electron chi connectivity index (χ2n) is 3.71. The van der Waals surface area contributed by atoms with Crippen molar-refractivity contribution < 1.29 is 4.79 Å². The molecule has 88 valence electrons. The molecular weight excluding hydrogens is 204 g/mol. The Hall–Kier alpha value is -1.62. The van der Waals surface area contributed by atoms with Crippen molar-refractivity contribution in [3.8, 4) is 0 Å². The van der Waals surface area contributed by atoms with Gasteiger partial charge < -0.3 is 11.1 Å². The molecule has 1 amide bonds. The highest BCUT2D eigenvalue weighted by Crippen LogP contribution is 2.05. The molecule has 0 spiro atoms. The predicted octanol–water partition coefficient (Wildman–Crippen LogP) is 0.232. The van der Waals surface area contributed by atoms with Crippen LogP contribution >= 0.6 is 0 Å². The summed E-state index contributed by atoms with van der Waals surface area (Å²) in [6, 6.07) is 3.71. The summed E-state index contributed by atoms with van der Waals surface area (Å²) < 4.78 is 0. The number of likely N-dealkylation sites (N-methyl/N-ethyl adjacent to an activating group) is 2. The van der Waals surface area contributed by atoms with Crippen LogP contribution in [0.5, 0.6) is 0 Å². The van der Waals surface area contributed by atoms with E-state index >= 15 is 0 Å². The standard InChI is InChI=1S/C11H18N4O/c1-3-13-11(16)8-15(2)7-9-4-5-14-10(12)6-9/h4-6H,3,7-8H2,1-2H3,(H2,12,14)(H,13,16). The van der Waals surface area contributed by atoms with E-state index < -0.39 is 0 Å². The lowest BCUT2D eigenvalue weighted by Crippen LogP contribution is -2.34. The van der Waals surface area contributed by atoms with E-state index in [1.54, 1.807) is 6.20 Å². The van der Waals surface area contributed by atoms with Crippen molar-refractivity contribution in [2.24, 2.45) is 0 Å². The third-order valence-corrected chi connectivity index (χ3v) is 2.09. The normalized spacial score (nSPS) is 10.4. The predicted molar refractivity (Wildman–Crippen MR) is 63.7 cm³/mol. The fourth-order valence-electron chi connectivity index (χ4n) is 1.46. The van der Waals surface area contributed by atoms with E-state index in [4.69, 9.17) is 5.73 Å². The van der Waals surface area contributed by atoms with Gasteiger partial charge >= 0.3 is 0 Å². The van der Waals surface area contributed by atoms with Crippen molar-refractivity contribution in [2.75, 3.05) is 25.9 Å². The summed E-state index contributed by atoms with van der Waals surface area (Å²) in [5.74, 6) is 0.538. The molecule has 0 aliphatic carbocycles. The third kappa shape index (κ3) is 4.27. The van der Waals surface area contributed by atoms with Gasteiger partial charge in [0.25, 0.3) is 0 Å². The first-order valence-corrected chi connectivity index (χ1v) is 5.27. The highest BCUT2D eigenvalue weighted by molar-refractivity contribution is 5.77. The van der Waals surface area contributed by atoms with Gasteiger partial charge in [0.15, 0.2) is 0 Å². The van der Waals surface area contributed by atoms with Gasteiger partial charge in [0, 0.05) is 19.3 Å². The first kappa shape index (κ1) is 12.4. The zero-order chi connectivity index (χ0) is 12.0. The number of nitrogen functional groups attached to an aromatic ring is 1. The Morgan fingerprint density at radius 3 is 3.00 bits per heavy atom. The van der Waals surface area contributed by atoms with Gasteiger partial charge in [-0.15, -0.1) is 0 Å². The number of anilines is 1. The van der Waals surface area contributed by atoms with Gasteiger partial charge in [-0.2, -0.15) is 0 Å². The number of aromatic nitrogens is 1. The van der Waals surface area contributed by atoms with Gasteiger partial charge in [-0.3, -0.25) is 9.69 Å². The Kier molecular flexibility index (Phi) is 4.72. The molecule has 5 nitrogen and oxygen atoms in total. The Labute approximate surface area is 95.7 Å². The van der Waals surface area contributed by atoms with Crippen LogP contribution in [0.1, 0.15) is 12.5 Å². The number of nitrogens with two attached hydrogens (primary N) is 1. The minimum atomic E-state index is 0.0343. The summed E-state index contributed by atoms with van der Waals surface area (Å²) in [7, 11) is 1.89. The van der Waals surface area contributed by atoms with Crippen LogP contribution in [0.15, 0.2) is 18.3 Å². The molecule has 0 bridgehead atoms. The minimum Gasteiger partial charge on any atom is -0.384 e. The quantitative estimate of drug-likeness (QED) is 0.748. The molecule has 1 heterocycles. The lowest BCUT2D eigenvalue weighted by molar-refractivity contribution is -0.121. The van der Waals surface area contributed by atoms with Crippen LogP contribution in [0, 0.1) is 0 Å². The molecule has 0 aliphatic rings.